The summed E-state index contributed by atoms with van der Waals surface area (Å²) in [5.41, 5.74) is 2.40. The van der Waals surface area contributed by atoms with Gasteiger partial charge < -0.3 is 64.4 Å². The molecule has 300 valence electrons. The van der Waals surface area contributed by atoms with E-state index in [1.54, 1.807) is 27.9 Å². The Kier molecular flexibility index (Phi) is 15.3. The van der Waals surface area contributed by atoms with Crippen molar-refractivity contribution in [1.82, 2.24) is 9.80 Å². The zero-order valence-electron chi connectivity index (χ0n) is 33.4. The Labute approximate surface area is 306 Å². The van der Waals surface area contributed by atoms with Crippen LogP contribution >= 0.6 is 0 Å². The first-order valence-electron chi connectivity index (χ1n) is 18.8. The monoisotopic (exact) mass is 734 g/mol. The van der Waals surface area contributed by atoms with Gasteiger partial charge in [0.25, 0.3) is 0 Å². The minimum atomic E-state index is -1.75. The highest BCUT2D eigenvalue weighted by molar-refractivity contribution is 5.73. The number of aliphatic hydroxyl groups excluding tert-OH is 2. The smallest absolute Gasteiger partial charge is 0.311 e. The molecule has 14 heteroatoms. The number of likely N-dealkylation sites (N-methyl/N-ethyl adjacent to an activating group) is 1. The van der Waals surface area contributed by atoms with Gasteiger partial charge in [0, 0.05) is 38.6 Å². The van der Waals surface area contributed by atoms with Gasteiger partial charge in [-0.3, -0.25) is 4.79 Å². The molecule has 3 saturated heterocycles. The van der Waals surface area contributed by atoms with Gasteiger partial charge in [-0.2, -0.15) is 0 Å². The predicted molar refractivity (Wildman–Crippen MR) is 192 cm³/mol. The summed E-state index contributed by atoms with van der Waals surface area (Å²) in [7, 11) is 7.25. The summed E-state index contributed by atoms with van der Waals surface area (Å²) < 4.78 is 37.7. The fourth-order valence-corrected chi connectivity index (χ4v) is 8.32. The van der Waals surface area contributed by atoms with Crippen molar-refractivity contribution in [2.24, 2.45) is 23.5 Å². The Balaban J connectivity index is 2.14. The van der Waals surface area contributed by atoms with E-state index in [-0.39, 0.29) is 31.4 Å². The van der Waals surface area contributed by atoms with Gasteiger partial charge in [0.15, 0.2) is 12.6 Å². The molecule has 1 unspecified atom stereocenters. The zero-order valence-corrected chi connectivity index (χ0v) is 33.4. The first-order valence-corrected chi connectivity index (χ1v) is 18.8. The summed E-state index contributed by atoms with van der Waals surface area (Å²) in [6, 6.07) is -0.699. The van der Waals surface area contributed by atoms with Gasteiger partial charge in [0.1, 0.15) is 17.8 Å². The average Bonchev–Trinajstić information content (AvgIpc) is 3.05. The highest BCUT2D eigenvalue weighted by atomic mass is 16.7. The molecule has 3 aliphatic heterocycles. The minimum absolute atomic E-state index is 0.226. The quantitative estimate of drug-likeness (QED) is 0.237. The molecule has 0 saturated carbocycles. The van der Waals surface area contributed by atoms with Crippen LogP contribution in [0.25, 0.3) is 0 Å². The van der Waals surface area contributed by atoms with E-state index in [0.29, 0.717) is 19.5 Å². The second-order valence-corrected chi connectivity index (χ2v) is 16.7. The number of carbonyl (C=O) groups excluding carboxylic acids is 1. The Morgan fingerprint density at radius 1 is 1.04 bits per heavy atom. The number of nitrogens with two attached hydrogens (primary N) is 1. The number of methoxy groups -OCH3 is 1. The number of nitrogens with zero attached hydrogens (tertiary/aromatic N) is 2. The van der Waals surface area contributed by atoms with E-state index in [2.05, 4.69) is 0 Å². The van der Waals surface area contributed by atoms with E-state index in [9.17, 15) is 25.2 Å². The van der Waals surface area contributed by atoms with Crippen LogP contribution in [0, 0.1) is 17.8 Å². The van der Waals surface area contributed by atoms with Crippen LogP contribution in [0.2, 0.25) is 0 Å². The second-order valence-electron chi connectivity index (χ2n) is 16.7. The molecule has 6 N–H and O–H groups in total. The number of rotatable bonds is 7. The minimum Gasteiger partial charge on any atom is -0.459 e. The van der Waals surface area contributed by atoms with Crippen molar-refractivity contribution in [3.05, 3.63) is 0 Å². The first kappa shape index (κ1) is 44.4. The molecule has 3 heterocycles. The van der Waals surface area contributed by atoms with Crippen molar-refractivity contribution < 1.29 is 53.6 Å². The highest BCUT2D eigenvalue weighted by Gasteiger charge is 2.52. The maximum Gasteiger partial charge on any atom is 0.311 e. The highest BCUT2D eigenvalue weighted by Crippen LogP contribution is 2.39. The number of aliphatic hydroxyl groups is 4. The molecule has 17 atom stereocenters. The van der Waals surface area contributed by atoms with E-state index in [4.69, 9.17) is 34.2 Å². The maximum atomic E-state index is 14.2. The van der Waals surface area contributed by atoms with E-state index < -0.39 is 95.8 Å². The molecule has 0 radical (unpaired) electrons. The molecule has 3 aliphatic rings. The number of carbonyl (C=O) groups is 1. The third-order valence-electron chi connectivity index (χ3n) is 12.0. The standard InChI is InChI=1S/C37H71N3O11/c1-14-26-37(9,45)31(42)20(2)19-40(12)16-15-35(7,44)32(51-34-28(41)25(39(10)11)17-21(3)47-34)22(4)29(23(5)33(43)49-26)50-27-18-36(8,46-13)30(38)24(6)48-27/h20-32,34,41-42,44-45H,14-19,38H2,1-13H3/t20-,21-,22-,23-,24+,25+,26+,27+,28-,29-,30+,31?,32-,34+,35+,36-,37-/m1/s1. The van der Waals surface area contributed by atoms with Gasteiger partial charge >= 0.3 is 5.97 Å². The fourth-order valence-electron chi connectivity index (χ4n) is 8.32. The van der Waals surface area contributed by atoms with E-state index >= 15 is 0 Å². The molecule has 51 heavy (non-hydrogen) atoms. The largest absolute Gasteiger partial charge is 0.459 e. The summed E-state index contributed by atoms with van der Waals surface area (Å²) in [6.45, 7) is 16.8. The Morgan fingerprint density at radius 3 is 2.24 bits per heavy atom. The van der Waals surface area contributed by atoms with Gasteiger partial charge in [0.2, 0.25) is 0 Å². The van der Waals surface area contributed by atoms with Gasteiger partial charge in [-0.05, 0) is 87.9 Å². The lowest BCUT2D eigenvalue weighted by molar-refractivity contribution is -0.310. The fraction of sp³-hybridized carbons (Fsp3) is 0.973. The van der Waals surface area contributed by atoms with E-state index in [0.717, 1.165) is 0 Å². The number of ether oxygens (including phenoxy) is 6. The molecule has 0 aromatic heterocycles. The molecule has 14 nitrogen and oxygen atoms in total. The summed E-state index contributed by atoms with van der Waals surface area (Å²) in [5, 5.41) is 46.9. The number of hydrogen-bond acceptors (Lipinski definition) is 14. The lowest BCUT2D eigenvalue weighted by Gasteiger charge is -2.49. The molecule has 0 aromatic rings. The molecule has 0 aliphatic carbocycles. The van der Waals surface area contributed by atoms with Gasteiger partial charge in [0.05, 0.1) is 53.7 Å². The molecular formula is C37H71N3O11. The van der Waals surface area contributed by atoms with Crippen LogP contribution in [0.15, 0.2) is 0 Å². The molecule has 3 fully saturated rings. The topological polar surface area (TPSA) is 186 Å². The second kappa shape index (κ2) is 17.6. The third-order valence-corrected chi connectivity index (χ3v) is 12.0. The summed E-state index contributed by atoms with van der Waals surface area (Å²) in [5.74, 6) is -2.75. The lowest BCUT2D eigenvalue weighted by atomic mass is 9.79. The lowest BCUT2D eigenvalue weighted by Crippen LogP contribution is -2.62. The molecule has 3 rings (SSSR count). The van der Waals surface area contributed by atoms with Crippen LogP contribution in [0.4, 0.5) is 0 Å². The molecule has 0 spiro atoms. The summed E-state index contributed by atoms with van der Waals surface area (Å²) >= 11 is 0. The summed E-state index contributed by atoms with van der Waals surface area (Å²) in [4.78, 5) is 18.1. The number of esters is 1. The van der Waals surface area contributed by atoms with E-state index in [1.165, 1.54) is 6.92 Å². The molecular weight excluding hydrogens is 662 g/mol. The molecule has 0 bridgehead atoms. The zero-order chi connectivity index (χ0) is 38.8. The van der Waals surface area contributed by atoms with E-state index in [1.807, 2.05) is 65.6 Å². The first-order chi connectivity index (χ1) is 23.5. The Morgan fingerprint density at radius 2 is 1.67 bits per heavy atom. The average molecular weight is 734 g/mol. The van der Waals surface area contributed by atoms with Crippen LogP contribution in [0.3, 0.4) is 0 Å². The van der Waals surface area contributed by atoms with Crippen LogP contribution < -0.4 is 5.73 Å². The van der Waals surface area contributed by atoms with Crippen molar-refractivity contribution >= 4 is 5.97 Å². The van der Waals surface area contributed by atoms with Crippen molar-refractivity contribution in [3.63, 3.8) is 0 Å². The SMILES string of the molecule is CC[C@@H]1OC(=O)[C@H](C)[C@H](O[C@H]2C[C@@](C)(OC)[C@@H](N)[C@H](C)O2)[C@@H](C)[C@@H](O[C@@H]2O[C@H](C)C[C@H](N(C)C)[C@H]2O)[C@@](C)(O)CCN(C)C[C@@H](C)C(O)[C@]1(C)O. The molecule has 0 aromatic carbocycles. The third kappa shape index (κ3) is 10.2. The van der Waals surface area contributed by atoms with Crippen LogP contribution in [0.1, 0.15) is 88.0 Å². The predicted octanol–water partition coefficient (Wildman–Crippen LogP) is 1.48. The van der Waals surface area contributed by atoms with Crippen molar-refractivity contribution in [2.45, 2.75) is 172 Å². The Hall–Kier alpha value is -1.01. The Bertz CT molecular complexity index is 1110. The van der Waals surface area contributed by atoms with Gasteiger partial charge in [-0.15, -0.1) is 0 Å². The van der Waals surface area contributed by atoms with Gasteiger partial charge in [-0.1, -0.05) is 20.8 Å². The van der Waals surface area contributed by atoms with Gasteiger partial charge in [-0.25, -0.2) is 0 Å². The van der Waals surface area contributed by atoms with Crippen LogP contribution in [0.5, 0.6) is 0 Å². The number of hydrogen-bond donors (Lipinski definition) is 5. The van der Waals surface area contributed by atoms with Crippen LogP contribution in [-0.4, -0.2) is 162 Å². The van der Waals surface area contributed by atoms with Crippen molar-refractivity contribution in [1.29, 1.82) is 0 Å². The van der Waals surface area contributed by atoms with Crippen molar-refractivity contribution in [2.75, 3.05) is 41.3 Å². The number of cyclic esters (lactones) is 1. The normalized spacial score (nSPS) is 48.9. The van der Waals surface area contributed by atoms with Crippen molar-refractivity contribution in [3.8, 4) is 0 Å². The maximum absolute atomic E-state index is 14.2. The molecule has 0 amide bonds. The van der Waals surface area contributed by atoms with Crippen LogP contribution in [-0.2, 0) is 33.2 Å². The summed E-state index contributed by atoms with van der Waals surface area (Å²) in [6.07, 6.45) is -6.55.